The van der Waals surface area contributed by atoms with Gasteiger partial charge in [0, 0.05) is 10.7 Å². The highest BCUT2D eigenvalue weighted by molar-refractivity contribution is 7.92. The van der Waals surface area contributed by atoms with Crippen LogP contribution in [0.25, 0.3) is 0 Å². The van der Waals surface area contributed by atoms with Crippen LogP contribution >= 0.6 is 23.2 Å². The molecule has 5 nitrogen and oxygen atoms in total. The fraction of sp³-hybridized carbons (Fsp3) is 0.208. The molecule has 0 aliphatic carbocycles. The summed E-state index contributed by atoms with van der Waals surface area (Å²) >= 11 is 12.3. The Labute approximate surface area is 199 Å². The van der Waals surface area contributed by atoms with Crippen LogP contribution in [0.5, 0.6) is 0 Å². The van der Waals surface area contributed by atoms with E-state index in [0.29, 0.717) is 10.7 Å². The van der Waals surface area contributed by atoms with E-state index in [0.717, 1.165) is 15.4 Å². The lowest BCUT2D eigenvalue weighted by molar-refractivity contribution is -0.114. The van der Waals surface area contributed by atoms with E-state index in [4.69, 9.17) is 23.2 Å². The van der Waals surface area contributed by atoms with E-state index in [1.165, 1.54) is 30.3 Å². The van der Waals surface area contributed by atoms with Gasteiger partial charge in [0.1, 0.15) is 6.54 Å². The largest absolute Gasteiger partial charge is 0.324 e. The van der Waals surface area contributed by atoms with E-state index >= 15 is 0 Å². The molecule has 3 rings (SSSR count). The fourth-order valence-electron chi connectivity index (χ4n) is 3.35. The van der Waals surface area contributed by atoms with Gasteiger partial charge in [0.2, 0.25) is 5.91 Å². The first-order chi connectivity index (χ1) is 15.1. The number of amides is 1. The molecule has 0 aliphatic rings. The number of halogens is 2. The molecule has 0 fully saturated rings. The predicted molar refractivity (Wildman–Crippen MR) is 131 cm³/mol. The summed E-state index contributed by atoms with van der Waals surface area (Å²) in [6.45, 7) is 5.51. The molecule has 32 heavy (non-hydrogen) atoms. The second-order valence-electron chi connectivity index (χ2n) is 7.66. The van der Waals surface area contributed by atoms with Crippen LogP contribution in [0, 0.1) is 6.92 Å². The minimum atomic E-state index is -4.07. The Kier molecular flexibility index (Phi) is 7.49. The molecule has 0 aliphatic heterocycles. The van der Waals surface area contributed by atoms with Gasteiger partial charge in [-0.1, -0.05) is 73.4 Å². The molecule has 1 N–H and O–H groups in total. The molecule has 0 saturated carbocycles. The second-order valence-corrected chi connectivity index (χ2v) is 10.4. The molecule has 0 saturated heterocycles. The number of carbonyl (C=O) groups is 1. The molecule has 0 bridgehead atoms. The van der Waals surface area contributed by atoms with E-state index in [9.17, 15) is 13.2 Å². The number of hydrogen-bond donors (Lipinski definition) is 1. The lowest BCUT2D eigenvalue weighted by Crippen LogP contribution is -2.38. The molecule has 0 spiro atoms. The van der Waals surface area contributed by atoms with E-state index < -0.39 is 22.5 Å². The maximum absolute atomic E-state index is 13.5. The first-order valence-electron chi connectivity index (χ1n) is 10.0. The molecule has 0 radical (unpaired) electrons. The van der Waals surface area contributed by atoms with Crippen molar-refractivity contribution in [2.45, 2.75) is 31.6 Å². The summed E-state index contributed by atoms with van der Waals surface area (Å²) in [6.07, 6.45) is 0. The summed E-state index contributed by atoms with van der Waals surface area (Å²) < 4.78 is 27.9. The van der Waals surface area contributed by atoms with Crippen LogP contribution in [0.1, 0.15) is 30.9 Å². The Bertz CT molecular complexity index is 1230. The standard InChI is InChI=1S/C24H24Cl2N2O3S/c1-16(2)20-11-7-8-17(3)24(20)27-23(29)15-28(22-13-12-18(25)14-21(22)26)32(30,31)19-9-5-4-6-10-19/h4-14,16H,15H2,1-3H3,(H,27,29). The Morgan fingerprint density at radius 1 is 1.00 bits per heavy atom. The van der Waals surface area contributed by atoms with Crippen molar-refractivity contribution in [3.05, 3.63) is 87.9 Å². The van der Waals surface area contributed by atoms with Gasteiger partial charge in [-0.2, -0.15) is 0 Å². The average molecular weight is 491 g/mol. The normalized spacial score (nSPS) is 11.4. The lowest BCUT2D eigenvalue weighted by Gasteiger charge is -2.26. The van der Waals surface area contributed by atoms with Gasteiger partial charge in [0.15, 0.2) is 0 Å². The number of aryl methyl sites for hydroxylation is 1. The van der Waals surface area contributed by atoms with Crippen molar-refractivity contribution < 1.29 is 13.2 Å². The van der Waals surface area contributed by atoms with E-state index in [1.54, 1.807) is 18.2 Å². The van der Waals surface area contributed by atoms with Crippen LogP contribution in [0.2, 0.25) is 10.0 Å². The summed E-state index contributed by atoms with van der Waals surface area (Å²) in [7, 11) is -4.07. The van der Waals surface area contributed by atoms with Gasteiger partial charge in [-0.15, -0.1) is 0 Å². The number of carbonyl (C=O) groups excluding carboxylic acids is 1. The highest BCUT2D eigenvalue weighted by Gasteiger charge is 2.29. The quantitative estimate of drug-likeness (QED) is 0.424. The van der Waals surface area contributed by atoms with Gasteiger partial charge in [0.05, 0.1) is 15.6 Å². The molecule has 3 aromatic carbocycles. The third-order valence-corrected chi connectivity index (χ3v) is 7.30. The molecular weight excluding hydrogens is 467 g/mol. The topological polar surface area (TPSA) is 66.5 Å². The number of benzene rings is 3. The van der Waals surface area contributed by atoms with Gasteiger partial charge in [0.25, 0.3) is 10.0 Å². The van der Waals surface area contributed by atoms with Crippen LogP contribution in [0.4, 0.5) is 11.4 Å². The monoisotopic (exact) mass is 490 g/mol. The minimum Gasteiger partial charge on any atom is -0.324 e. The van der Waals surface area contributed by atoms with E-state index in [1.807, 2.05) is 39.0 Å². The van der Waals surface area contributed by atoms with Crippen molar-refractivity contribution in [1.82, 2.24) is 0 Å². The molecule has 168 valence electrons. The first-order valence-corrected chi connectivity index (χ1v) is 12.2. The number of rotatable bonds is 7. The molecule has 1 amide bonds. The highest BCUT2D eigenvalue weighted by atomic mass is 35.5. The lowest BCUT2D eigenvalue weighted by atomic mass is 9.98. The molecule has 0 unspecified atom stereocenters. The van der Waals surface area contributed by atoms with Crippen LogP contribution < -0.4 is 9.62 Å². The number of anilines is 2. The molecule has 0 atom stereocenters. The zero-order chi connectivity index (χ0) is 23.5. The van der Waals surface area contributed by atoms with Crippen molar-refractivity contribution in [2.75, 3.05) is 16.2 Å². The second kappa shape index (κ2) is 9.94. The maximum Gasteiger partial charge on any atom is 0.264 e. The zero-order valence-corrected chi connectivity index (χ0v) is 20.3. The summed E-state index contributed by atoms with van der Waals surface area (Å²) in [6, 6.07) is 18.2. The predicted octanol–water partition coefficient (Wildman–Crippen LogP) is 6.26. The van der Waals surface area contributed by atoms with Crippen LogP contribution in [0.15, 0.2) is 71.6 Å². The van der Waals surface area contributed by atoms with Crippen molar-refractivity contribution in [3.63, 3.8) is 0 Å². The van der Waals surface area contributed by atoms with Crippen LogP contribution in [0.3, 0.4) is 0 Å². The summed E-state index contributed by atoms with van der Waals surface area (Å²) in [5.41, 5.74) is 2.72. The SMILES string of the molecule is Cc1cccc(C(C)C)c1NC(=O)CN(c1ccc(Cl)cc1Cl)S(=O)(=O)c1ccccc1. The number of nitrogens with one attached hydrogen (secondary N) is 1. The zero-order valence-electron chi connectivity index (χ0n) is 18.0. The Morgan fingerprint density at radius 3 is 2.31 bits per heavy atom. The van der Waals surface area contributed by atoms with Crippen molar-refractivity contribution in [3.8, 4) is 0 Å². The third-order valence-electron chi connectivity index (χ3n) is 4.99. The van der Waals surface area contributed by atoms with Crippen LogP contribution in [-0.4, -0.2) is 20.9 Å². The van der Waals surface area contributed by atoms with Crippen molar-refractivity contribution in [2.24, 2.45) is 0 Å². The molecule has 3 aromatic rings. The summed E-state index contributed by atoms with van der Waals surface area (Å²) in [5, 5.41) is 3.39. The number of sulfonamides is 1. The van der Waals surface area contributed by atoms with Gasteiger partial charge >= 0.3 is 0 Å². The Balaban J connectivity index is 2.01. The van der Waals surface area contributed by atoms with Gasteiger partial charge in [-0.25, -0.2) is 8.42 Å². The van der Waals surface area contributed by atoms with Gasteiger partial charge in [-0.05, 0) is 54.3 Å². The number of nitrogens with zero attached hydrogens (tertiary/aromatic N) is 1. The maximum atomic E-state index is 13.5. The molecule has 8 heteroatoms. The molecular formula is C24H24Cl2N2O3S. The molecule has 0 heterocycles. The summed E-state index contributed by atoms with van der Waals surface area (Å²) in [5.74, 6) is -0.299. The first kappa shape index (κ1) is 24.1. The van der Waals surface area contributed by atoms with Gasteiger partial charge in [-0.3, -0.25) is 9.10 Å². The number of para-hydroxylation sites is 1. The highest BCUT2D eigenvalue weighted by Crippen LogP contribution is 2.33. The third kappa shape index (κ3) is 5.26. The smallest absolute Gasteiger partial charge is 0.264 e. The summed E-state index contributed by atoms with van der Waals surface area (Å²) in [4.78, 5) is 13.1. The van der Waals surface area contributed by atoms with Crippen molar-refractivity contribution >= 4 is 50.5 Å². The Morgan fingerprint density at radius 2 is 1.69 bits per heavy atom. The molecule has 0 aromatic heterocycles. The van der Waals surface area contributed by atoms with Crippen molar-refractivity contribution in [1.29, 1.82) is 0 Å². The Hall–Kier alpha value is -2.54. The van der Waals surface area contributed by atoms with E-state index in [-0.39, 0.29) is 21.5 Å². The number of hydrogen-bond acceptors (Lipinski definition) is 3. The van der Waals surface area contributed by atoms with Crippen LogP contribution in [-0.2, 0) is 14.8 Å². The average Bonchev–Trinajstić information content (AvgIpc) is 2.74. The van der Waals surface area contributed by atoms with E-state index in [2.05, 4.69) is 5.32 Å². The fourth-order valence-corrected chi connectivity index (χ4v) is 5.38. The van der Waals surface area contributed by atoms with Gasteiger partial charge < -0.3 is 5.32 Å². The minimum absolute atomic E-state index is 0.0533.